The average Bonchev–Trinajstić information content (AvgIpc) is 1.49. The standard InChI is InChI=1S/C30H46O4.C21H34O4.2C16H26O4.2C15H19NO4.C6H12O2/c1-6-26(2,3)24(31)34-30-16-22-10-23(17-30)12-28(11-22,18-30)25(32)33-27(4,5)29-13-19-7-20(14-29)9-21(8-19)15-29;1-6-19(2,3)18(23)24-13-17(22)25-20(4,5)21-10-14-7-15(11-21)9-16(8-14)12-21;2*1-4-13(2,3)12(17)20-16-7-11-5-14(18,9-16)8-15(19,6-11)10-16;2*1-4-14(2,3)12(17)19-10-8-5-9-11(10)20-13(18)15(9,6-8)7-16;1-4-6(2,3)5(7)8/h19-23H,6-18H2,1-5H3;14-16H,6-13H2,1-5H3;2*11,18-19H,4-10H2,1-3H3;2*8-11H,4-6H2,1-3H3;4H2,1-3H3,(H,7,8). The minimum Gasteiger partial charge on any atom is -0.481 e. The molecule has 5 N–H and O–H groups in total. The lowest BCUT2D eigenvalue weighted by Crippen LogP contribution is -2.67. The summed E-state index contributed by atoms with van der Waals surface area (Å²) in [5, 5.41) is 69.7. The van der Waals surface area contributed by atoms with Crippen molar-refractivity contribution in [2.24, 2.45) is 148 Å². The van der Waals surface area contributed by atoms with Crippen LogP contribution in [-0.2, 0) is 100 Å². The van der Waals surface area contributed by atoms with Gasteiger partial charge < -0.3 is 72.9 Å². The maximum absolute atomic E-state index is 14.1. The maximum Gasteiger partial charge on any atom is 0.344 e. The molecule has 26 rings (SSSR count). The third-order valence-corrected chi connectivity index (χ3v) is 43.1. The number of carbonyl (C=O) groups is 11. The van der Waals surface area contributed by atoms with Gasteiger partial charge in [-0.2, -0.15) is 10.5 Å². The van der Waals surface area contributed by atoms with Gasteiger partial charge in [-0.05, 0) is 402 Å². The molecule has 824 valence electrons. The van der Waals surface area contributed by atoms with E-state index in [1.807, 2.05) is 132 Å². The molecule has 24 aliphatic carbocycles. The van der Waals surface area contributed by atoms with E-state index in [4.69, 9.17) is 52.5 Å². The van der Waals surface area contributed by atoms with Gasteiger partial charge in [-0.1, -0.05) is 48.5 Å². The lowest BCUT2D eigenvalue weighted by molar-refractivity contribution is -0.265. The smallest absolute Gasteiger partial charge is 0.344 e. The van der Waals surface area contributed by atoms with E-state index in [9.17, 15) is 83.7 Å². The van der Waals surface area contributed by atoms with Gasteiger partial charge in [-0.15, -0.1) is 0 Å². The van der Waals surface area contributed by atoms with E-state index in [2.05, 4.69) is 39.8 Å². The first-order valence-corrected chi connectivity index (χ1v) is 57.0. The summed E-state index contributed by atoms with van der Waals surface area (Å²) in [4.78, 5) is 135. The molecule has 28 heteroatoms. The molecule has 26 aliphatic rings. The molecular weight excluding hydrogens is 1870 g/mol. The molecule has 24 bridgehead atoms. The molecular formula is C119H182N2O26. The first kappa shape index (κ1) is 114. The summed E-state index contributed by atoms with van der Waals surface area (Å²) in [6.45, 7) is 48.0. The molecule has 0 spiro atoms. The second-order valence-electron chi connectivity index (χ2n) is 58.0. The SMILES string of the molecule is CCC(C)(C)C(=O)O.CCC(C)(C)C(=O)OC12CC3CC(C1)CC(C(=O)OC(C)(C)C14CC5CC(CC(C5)C1)C4)(C3)C2.CCC(C)(C)C(=O)OC12CC3CC(O)(CC(O)(C3)C1)C2.CCC(C)(C)C(=O)OC12CC3CC(O)(CC(O)(C3)C1)C2.CCC(C)(C)C(=O)OC1C2CC3C1OC(=O)C3(C#N)C2.CCC(C)(C)C(=O)OC1C2CC3C1OC(=O)C3(C#N)C2.CCC(C)(C)C(=O)OCC(=O)OC(C)(C)C12CC3CC(CC(C3)C1)C2. The summed E-state index contributed by atoms with van der Waals surface area (Å²) in [6.07, 6.45) is 34.4. The average molecular weight is 2060 g/mol. The molecule has 147 heavy (non-hydrogen) atoms. The van der Waals surface area contributed by atoms with Crippen molar-refractivity contribution < 1.29 is 126 Å². The van der Waals surface area contributed by atoms with Crippen molar-refractivity contribution in [3.05, 3.63) is 0 Å². The molecule has 26 fully saturated rings. The Balaban J connectivity index is 0.000000132. The summed E-state index contributed by atoms with van der Waals surface area (Å²) in [5.74, 6) is 3.14. The Kier molecular flexibility index (Phi) is 30.4. The van der Waals surface area contributed by atoms with Crippen LogP contribution in [-0.4, -0.2) is 173 Å². The van der Waals surface area contributed by atoms with Gasteiger partial charge >= 0.3 is 65.7 Å². The van der Waals surface area contributed by atoms with Crippen molar-refractivity contribution in [3.8, 4) is 12.1 Å². The number of hydrogen-bond donors (Lipinski definition) is 5. The van der Waals surface area contributed by atoms with E-state index >= 15 is 0 Å². The highest BCUT2D eigenvalue weighted by molar-refractivity contribution is 5.87. The predicted molar refractivity (Wildman–Crippen MR) is 542 cm³/mol. The molecule has 16 unspecified atom stereocenters. The molecule has 0 amide bonds. The van der Waals surface area contributed by atoms with Crippen molar-refractivity contribution in [1.29, 1.82) is 10.5 Å². The van der Waals surface area contributed by atoms with Gasteiger partial charge in [0.2, 0.25) is 0 Å². The highest BCUT2D eigenvalue weighted by atomic mass is 16.6. The Morgan fingerprint density at radius 1 is 0.333 bits per heavy atom. The Morgan fingerprint density at radius 2 is 0.619 bits per heavy atom. The molecule has 2 saturated heterocycles. The topological polar surface area (TPSA) is 429 Å². The van der Waals surface area contributed by atoms with E-state index in [0.29, 0.717) is 95.3 Å². The molecule has 24 saturated carbocycles. The summed E-state index contributed by atoms with van der Waals surface area (Å²) < 4.78 is 57.9. The van der Waals surface area contributed by atoms with Crippen molar-refractivity contribution in [3.63, 3.8) is 0 Å². The third kappa shape index (κ3) is 21.5. The number of nitriles is 2. The number of nitrogens with zero attached hydrogens (tertiary/aromatic N) is 2. The first-order chi connectivity index (χ1) is 67.8. The normalized spacial score (nSPS) is 41.1. The highest BCUT2D eigenvalue weighted by Crippen LogP contribution is 2.72. The van der Waals surface area contributed by atoms with Crippen LogP contribution in [0.1, 0.15) is 436 Å². The van der Waals surface area contributed by atoms with Gasteiger partial charge in [-0.3, -0.25) is 47.9 Å². The van der Waals surface area contributed by atoms with Crippen LogP contribution in [0.25, 0.3) is 0 Å². The molecule has 2 heterocycles. The fraction of sp³-hybridized carbons (Fsp3) is 0.891. The van der Waals surface area contributed by atoms with Crippen LogP contribution in [0.15, 0.2) is 0 Å². The molecule has 0 aromatic heterocycles. The lowest BCUT2D eigenvalue weighted by Gasteiger charge is -2.63. The number of fused-ring (bicyclic) bond motifs is 2. The predicted octanol–water partition coefficient (Wildman–Crippen LogP) is 20.8. The molecule has 2 aliphatic heterocycles. The third-order valence-electron chi connectivity index (χ3n) is 43.1. The van der Waals surface area contributed by atoms with E-state index in [1.165, 1.54) is 83.5 Å². The minimum atomic E-state index is -0.974. The fourth-order valence-corrected chi connectivity index (χ4v) is 33.3. The molecule has 0 radical (unpaired) electrons. The number of rotatable bonds is 26. The number of ether oxygens (including phenoxy) is 10. The quantitative estimate of drug-likeness (QED) is 0.0396. The van der Waals surface area contributed by atoms with Gasteiger partial charge in [0.15, 0.2) is 17.4 Å². The first-order valence-electron chi connectivity index (χ1n) is 57.0. The van der Waals surface area contributed by atoms with Crippen LogP contribution >= 0.6 is 0 Å². The van der Waals surface area contributed by atoms with Gasteiger partial charge in [0.05, 0.1) is 77.9 Å². The summed E-state index contributed by atoms with van der Waals surface area (Å²) in [7, 11) is 0. The van der Waals surface area contributed by atoms with Crippen molar-refractivity contribution in [2.45, 2.75) is 511 Å². The Morgan fingerprint density at radius 3 is 0.912 bits per heavy atom. The van der Waals surface area contributed by atoms with Gasteiger partial charge in [0, 0.05) is 79.4 Å². The van der Waals surface area contributed by atoms with E-state index < -0.39 is 141 Å². The van der Waals surface area contributed by atoms with E-state index in [0.717, 1.165) is 132 Å². The zero-order valence-electron chi connectivity index (χ0n) is 93.8. The summed E-state index contributed by atoms with van der Waals surface area (Å²) >= 11 is 0. The Bertz CT molecular complexity index is 4830. The number of carboxylic acid groups (broad SMARTS) is 1. The molecule has 28 nitrogen and oxygen atoms in total. The molecule has 0 aromatic carbocycles. The second-order valence-corrected chi connectivity index (χ2v) is 58.0. The van der Waals surface area contributed by atoms with Crippen molar-refractivity contribution in [2.75, 3.05) is 6.61 Å². The largest absolute Gasteiger partial charge is 0.481 e. The van der Waals surface area contributed by atoms with Crippen molar-refractivity contribution in [1.82, 2.24) is 0 Å². The zero-order chi connectivity index (χ0) is 108. The fourth-order valence-electron chi connectivity index (χ4n) is 33.3. The Hall–Kier alpha value is -7.01. The van der Waals surface area contributed by atoms with Crippen LogP contribution in [0.3, 0.4) is 0 Å². The Labute approximate surface area is 874 Å². The number of aliphatic carboxylic acids is 1. The van der Waals surface area contributed by atoms with Crippen LogP contribution < -0.4 is 0 Å². The minimum absolute atomic E-state index is 0.0255. The highest BCUT2D eigenvalue weighted by Gasteiger charge is 2.76. The van der Waals surface area contributed by atoms with Crippen molar-refractivity contribution >= 4 is 65.7 Å². The molecule has 16 atom stereocenters. The number of aliphatic hydroxyl groups is 4. The summed E-state index contributed by atoms with van der Waals surface area (Å²) in [6, 6.07) is 4.30. The number of carbonyl (C=O) groups excluding carboxylic acids is 10. The monoisotopic (exact) mass is 2060 g/mol. The van der Waals surface area contributed by atoms with Gasteiger partial charge in [0.1, 0.15) is 52.4 Å². The number of carboxylic acids is 1. The van der Waals surface area contributed by atoms with Crippen LogP contribution in [0.2, 0.25) is 0 Å². The lowest BCUT2D eigenvalue weighted by atomic mass is 9.45. The van der Waals surface area contributed by atoms with E-state index in [1.54, 1.807) is 13.8 Å². The maximum atomic E-state index is 14.1. The number of esters is 10. The van der Waals surface area contributed by atoms with Crippen LogP contribution in [0, 0.1) is 170 Å². The zero-order valence-corrected chi connectivity index (χ0v) is 93.8. The van der Waals surface area contributed by atoms with Crippen LogP contribution in [0.5, 0.6) is 0 Å². The second kappa shape index (κ2) is 39.2. The summed E-state index contributed by atoms with van der Waals surface area (Å²) in [5.41, 5.74) is -11.8. The van der Waals surface area contributed by atoms with Crippen LogP contribution in [0.4, 0.5) is 0 Å². The molecule has 0 aromatic rings. The van der Waals surface area contributed by atoms with Gasteiger partial charge in [0.25, 0.3) is 0 Å². The van der Waals surface area contributed by atoms with E-state index in [-0.39, 0.29) is 107 Å². The van der Waals surface area contributed by atoms with Gasteiger partial charge in [-0.25, -0.2) is 4.79 Å². The number of hydrogen-bond acceptors (Lipinski definition) is 27.